The molecule has 1 saturated heterocycles. The van der Waals surface area contributed by atoms with Gasteiger partial charge >= 0.3 is 0 Å². The summed E-state index contributed by atoms with van der Waals surface area (Å²) >= 11 is 0. The molecule has 1 aliphatic rings. The summed E-state index contributed by atoms with van der Waals surface area (Å²) in [5.41, 5.74) is 1.31. The van der Waals surface area contributed by atoms with Gasteiger partial charge in [-0.1, -0.05) is 12.1 Å². The highest BCUT2D eigenvalue weighted by Gasteiger charge is 2.11. The molecule has 1 fully saturated rings. The summed E-state index contributed by atoms with van der Waals surface area (Å²) in [7, 11) is 0. The molecule has 5 nitrogen and oxygen atoms in total. The van der Waals surface area contributed by atoms with Gasteiger partial charge in [-0.15, -0.1) is 0 Å². The Morgan fingerprint density at radius 1 is 1.41 bits per heavy atom. The lowest BCUT2D eigenvalue weighted by Crippen LogP contribution is -2.18. The van der Waals surface area contributed by atoms with Crippen molar-refractivity contribution < 1.29 is 4.74 Å². The zero-order valence-electron chi connectivity index (χ0n) is 13.2. The summed E-state index contributed by atoms with van der Waals surface area (Å²) in [6.07, 6.45) is 5.32. The number of hydrogen-bond acceptors (Lipinski definition) is 4. The fourth-order valence-corrected chi connectivity index (χ4v) is 2.55. The van der Waals surface area contributed by atoms with E-state index in [1.165, 1.54) is 31.5 Å². The number of benzene rings is 1. The maximum atomic E-state index is 8.45. The van der Waals surface area contributed by atoms with Gasteiger partial charge in [0, 0.05) is 19.5 Å². The summed E-state index contributed by atoms with van der Waals surface area (Å²) < 4.78 is 5.78. The molecule has 1 aliphatic heterocycles. The van der Waals surface area contributed by atoms with Crippen LogP contribution in [0.1, 0.15) is 31.7 Å². The average molecular weight is 300 g/mol. The van der Waals surface area contributed by atoms with Crippen molar-refractivity contribution in [3.05, 3.63) is 29.8 Å². The van der Waals surface area contributed by atoms with Gasteiger partial charge in [0.2, 0.25) is 0 Å². The molecular formula is C17H24N4O. The van der Waals surface area contributed by atoms with Crippen LogP contribution in [0.3, 0.4) is 0 Å². The second-order valence-corrected chi connectivity index (χ2v) is 5.54. The summed E-state index contributed by atoms with van der Waals surface area (Å²) in [6, 6.07) is 8.34. The minimum absolute atomic E-state index is 0.635. The van der Waals surface area contributed by atoms with Gasteiger partial charge in [-0.3, -0.25) is 15.2 Å². The van der Waals surface area contributed by atoms with Crippen LogP contribution in [0.15, 0.2) is 29.3 Å². The number of aliphatic imine (C=N–C) groups is 1. The molecule has 2 rings (SSSR count). The van der Waals surface area contributed by atoms with Crippen LogP contribution in [0.25, 0.3) is 0 Å². The minimum atomic E-state index is 0.635. The van der Waals surface area contributed by atoms with Gasteiger partial charge in [0.25, 0.3) is 0 Å². The van der Waals surface area contributed by atoms with E-state index in [9.17, 15) is 0 Å². The Morgan fingerprint density at radius 3 is 3.00 bits per heavy atom. The lowest BCUT2D eigenvalue weighted by atomic mass is 10.2. The van der Waals surface area contributed by atoms with Crippen molar-refractivity contribution in [2.45, 2.75) is 32.7 Å². The Kier molecular flexibility index (Phi) is 6.72. The van der Waals surface area contributed by atoms with Crippen molar-refractivity contribution in [2.24, 2.45) is 4.99 Å². The van der Waals surface area contributed by atoms with E-state index in [0.717, 1.165) is 18.7 Å². The molecule has 0 radical (unpaired) electrons. The fourth-order valence-electron chi connectivity index (χ4n) is 2.55. The number of nitriles is 1. The predicted octanol–water partition coefficient (Wildman–Crippen LogP) is 2.54. The Labute approximate surface area is 132 Å². The van der Waals surface area contributed by atoms with Crippen molar-refractivity contribution >= 4 is 5.84 Å². The van der Waals surface area contributed by atoms with Crippen LogP contribution in [0.5, 0.6) is 5.75 Å². The first-order valence-corrected chi connectivity index (χ1v) is 7.88. The van der Waals surface area contributed by atoms with E-state index in [-0.39, 0.29) is 0 Å². The maximum absolute atomic E-state index is 8.45. The zero-order chi connectivity index (χ0) is 15.6. The molecule has 0 bridgehead atoms. The molecule has 1 heterocycles. The number of likely N-dealkylation sites (tertiary alicyclic amines) is 1. The number of nitrogens with one attached hydrogen (secondary N) is 1. The summed E-state index contributed by atoms with van der Waals surface area (Å²) in [5.74, 6) is 1.57. The average Bonchev–Trinajstić information content (AvgIpc) is 3.00. The molecule has 1 aromatic carbocycles. The molecule has 1 N–H and O–H groups in total. The lowest BCUT2D eigenvalue weighted by molar-refractivity contribution is 0.309. The summed E-state index contributed by atoms with van der Waals surface area (Å²) in [6.45, 7) is 6.51. The van der Waals surface area contributed by atoms with Crippen LogP contribution in [0.2, 0.25) is 0 Å². The Hall–Kier alpha value is -2.06. The van der Waals surface area contributed by atoms with E-state index in [4.69, 9.17) is 10.00 Å². The van der Waals surface area contributed by atoms with Crippen molar-refractivity contribution in [3.63, 3.8) is 0 Å². The molecule has 0 aliphatic carbocycles. The lowest BCUT2D eigenvalue weighted by Gasteiger charge is -2.15. The smallest absolute Gasteiger partial charge is 0.182 e. The highest BCUT2D eigenvalue weighted by Crippen LogP contribution is 2.17. The summed E-state index contributed by atoms with van der Waals surface area (Å²) in [4.78, 5) is 6.71. The molecule has 0 amide bonds. The third-order valence-corrected chi connectivity index (χ3v) is 3.66. The van der Waals surface area contributed by atoms with Gasteiger partial charge < -0.3 is 4.74 Å². The molecular weight excluding hydrogens is 276 g/mol. The van der Waals surface area contributed by atoms with E-state index < -0.39 is 0 Å². The van der Waals surface area contributed by atoms with Crippen molar-refractivity contribution in [3.8, 4) is 11.9 Å². The van der Waals surface area contributed by atoms with Crippen molar-refractivity contribution in [1.82, 2.24) is 10.2 Å². The first-order chi connectivity index (χ1) is 10.8. The van der Waals surface area contributed by atoms with Crippen LogP contribution in [0.4, 0.5) is 0 Å². The quantitative estimate of drug-likeness (QED) is 0.276. The van der Waals surface area contributed by atoms with Crippen LogP contribution >= 0.6 is 0 Å². The SMILES string of the molecule is CC(=NCCCOc1cccc(CN2CCCC2)c1)NC#N. The van der Waals surface area contributed by atoms with Crippen LogP contribution in [0, 0.1) is 11.5 Å². The number of nitrogens with zero attached hydrogens (tertiary/aromatic N) is 3. The topological polar surface area (TPSA) is 60.6 Å². The van der Waals surface area contributed by atoms with Gasteiger partial charge in [-0.25, -0.2) is 0 Å². The highest BCUT2D eigenvalue weighted by atomic mass is 16.5. The van der Waals surface area contributed by atoms with E-state index in [1.54, 1.807) is 6.92 Å². The molecule has 0 saturated carbocycles. The van der Waals surface area contributed by atoms with E-state index >= 15 is 0 Å². The number of ether oxygens (including phenoxy) is 1. The first kappa shape index (κ1) is 16.3. The number of hydrogen-bond donors (Lipinski definition) is 1. The van der Waals surface area contributed by atoms with E-state index in [2.05, 4.69) is 33.4 Å². The first-order valence-electron chi connectivity index (χ1n) is 7.88. The Morgan fingerprint density at radius 2 is 2.23 bits per heavy atom. The monoisotopic (exact) mass is 300 g/mol. The van der Waals surface area contributed by atoms with Gasteiger partial charge in [-0.2, -0.15) is 5.26 Å². The maximum Gasteiger partial charge on any atom is 0.182 e. The molecule has 0 unspecified atom stereocenters. The molecule has 118 valence electrons. The third kappa shape index (κ3) is 5.74. The minimum Gasteiger partial charge on any atom is -0.494 e. The molecule has 0 spiro atoms. The molecule has 1 aromatic rings. The number of rotatable bonds is 7. The summed E-state index contributed by atoms with van der Waals surface area (Å²) in [5, 5.41) is 11.0. The second kappa shape index (κ2) is 9.06. The zero-order valence-corrected chi connectivity index (χ0v) is 13.2. The largest absolute Gasteiger partial charge is 0.494 e. The van der Waals surface area contributed by atoms with Crippen LogP contribution < -0.4 is 10.1 Å². The van der Waals surface area contributed by atoms with Gasteiger partial charge in [-0.05, 0) is 50.6 Å². The third-order valence-electron chi connectivity index (χ3n) is 3.66. The molecule has 0 aromatic heterocycles. The highest BCUT2D eigenvalue weighted by molar-refractivity contribution is 5.80. The van der Waals surface area contributed by atoms with Crippen molar-refractivity contribution in [2.75, 3.05) is 26.2 Å². The molecule has 0 atom stereocenters. The standard InChI is InChI=1S/C17H24N4O/c1-15(20-14-18)19-8-5-11-22-17-7-4-6-16(12-17)13-21-9-2-3-10-21/h4,6-7,12H,2-3,5,8-11,13H2,1H3,(H,19,20). The van der Waals surface area contributed by atoms with Gasteiger partial charge in [0.1, 0.15) is 11.6 Å². The fraction of sp³-hybridized carbons (Fsp3) is 0.529. The predicted molar refractivity (Wildman–Crippen MR) is 87.8 cm³/mol. The Bertz CT molecular complexity index is 530. The van der Waals surface area contributed by atoms with E-state index in [1.807, 2.05) is 12.3 Å². The second-order valence-electron chi connectivity index (χ2n) is 5.54. The Balaban J connectivity index is 1.71. The van der Waals surface area contributed by atoms with Crippen LogP contribution in [-0.4, -0.2) is 37.0 Å². The van der Waals surface area contributed by atoms with Gasteiger partial charge in [0.15, 0.2) is 6.19 Å². The van der Waals surface area contributed by atoms with Crippen molar-refractivity contribution in [1.29, 1.82) is 5.26 Å². The molecule has 5 heteroatoms. The van der Waals surface area contributed by atoms with Gasteiger partial charge in [0.05, 0.1) is 6.61 Å². The number of amidine groups is 1. The normalized spacial score (nSPS) is 15.5. The van der Waals surface area contributed by atoms with E-state index in [0.29, 0.717) is 19.0 Å². The molecule has 22 heavy (non-hydrogen) atoms. The van der Waals surface area contributed by atoms with Crippen LogP contribution in [-0.2, 0) is 6.54 Å².